The highest BCUT2D eigenvalue weighted by molar-refractivity contribution is 5.50. The van der Waals surface area contributed by atoms with Crippen molar-refractivity contribution in [2.24, 2.45) is 0 Å². The number of nitrogen functional groups attached to an aromatic ring is 1. The normalized spacial score (nSPS) is 10.5. The Morgan fingerprint density at radius 1 is 1.33 bits per heavy atom. The van der Waals surface area contributed by atoms with Gasteiger partial charge in [-0.3, -0.25) is 0 Å². The molecule has 78 valence electrons. The van der Waals surface area contributed by atoms with Gasteiger partial charge in [0.2, 0.25) is 0 Å². The molecule has 2 N–H and O–H groups in total. The standard InChI is InChI=1S/C11H13N3O/c1-3-8-4-5-9(15-8)11-13-7(2)6-10(12)14-11/h4-6H,3H2,1-2H3,(H2,12,13,14). The first-order valence-electron chi connectivity index (χ1n) is 4.89. The van der Waals surface area contributed by atoms with Gasteiger partial charge in [0.1, 0.15) is 11.6 Å². The van der Waals surface area contributed by atoms with Gasteiger partial charge in [0.15, 0.2) is 11.6 Å². The number of anilines is 1. The van der Waals surface area contributed by atoms with Crippen molar-refractivity contribution in [1.29, 1.82) is 0 Å². The summed E-state index contributed by atoms with van der Waals surface area (Å²) in [5, 5.41) is 0. The fraction of sp³-hybridized carbons (Fsp3) is 0.273. The summed E-state index contributed by atoms with van der Waals surface area (Å²) in [6.07, 6.45) is 0.862. The first kappa shape index (κ1) is 9.71. The van der Waals surface area contributed by atoms with Gasteiger partial charge in [0.05, 0.1) is 0 Å². The molecule has 0 aliphatic rings. The molecule has 0 amide bonds. The molecule has 15 heavy (non-hydrogen) atoms. The van der Waals surface area contributed by atoms with Gasteiger partial charge in [-0.05, 0) is 19.1 Å². The quantitative estimate of drug-likeness (QED) is 0.812. The van der Waals surface area contributed by atoms with Gasteiger partial charge >= 0.3 is 0 Å². The minimum Gasteiger partial charge on any atom is -0.458 e. The average molecular weight is 203 g/mol. The lowest BCUT2D eigenvalue weighted by atomic mass is 10.3. The Labute approximate surface area is 88.2 Å². The van der Waals surface area contributed by atoms with Crippen LogP contribution in [0.25, 0.3) is 11.6 Å². The summed E-state index contributed by atoms with van der Waals surface area (Å²) in [5.41, 5.74) is 6.48. The van der Waals surface area contributed by atoms with Crippen molar-refractivity contribution >= 4 is 5.82 Å². The Balaban J connectivity index is 2.44. The summed E-state index contributed by atoms with van der Waals surface area (Å²) in [4.78, 5) is 8.39. The Bertz CT molecular complexity index is 456. The number of nitrogens with zero attached hydrogens (tertiary/aromatic N) is 2. The minimum atomic E-state index is 0.465. The molecule has 0 aliphatic carbocycles. The Kier molecular flexibility index (Phi) is 2.41. The molecule has 0 saturated heterocycles. The first-order chi connectivity index (χ1) is 7.19. The maximum atomic E-state index is 5.64. The molecule has 2 rings (SSSR count). The fourth-order valence-electron chi connectivity index (χ4n) is 1.39. The molecule has 2 aromatic heterocycles. The lowest BCUT2D eigenvalue weighted by Gasteiger charge is -1.99. The zero-order chi connectivity index (χ0) is 10.8. The van der Waals surface area contributed by atoms with Crippen molar-refractivity contribution in [2.75, 3.05) is 5.73 Å². The van der Waals surface area contributed by atoms with Gasteiger partial charge < -0.3 is 10.2 Å². The zero-order valence-electron chi connectivity index (χ0n) is 8.82. The molecule has 0 aliphatic heterocycles. The number of hydrogen-bond acceptors (Lipinski definition) is 4. The molecular formula is C11H13N3O. The number of nitrogens with two attached hydrogens (primary N) is 1. The second-order valence-corrected chi connectivity index (χ2v) is 3.38. The largest absolute Gasteiger partial charge is 0.458 e. The van der Waals surface area contributed by atoms with Crippen molar-refractivity contribution < 1.29 is 4.42 Å². The molecule has 0 fully saturated rings. The smallest absolute Gasteiger partial charge is 0.197 e. The highest BCUT2D eigenvalue weighted by atomic mass is 16.3. The first-order valence-corrected chi connectivity index (χ1v) is 4.89. The van der Waals surface area contributed by atoms with E-state index in [-0.39, 0.29) is 0 Å². The Morgan fingerprint density at radius 2 is 2.13 bits per heavy atom. The predicted molar refractivity (Wildman–Crippen MR) is 58.3 cm³/mol. The molecule has 2 aromatic rings. The second-order valence-electron chi connectivity index (χ2n) is 3.38. The van der Waals surface area contributed by atoms with Crippen LogP contribution in [0.1, 0.15) is 18.4 Å². The van der Waals surface area contributed by atoms with E-state index in [1.807, 2.05) is 26.0 Å². The van der Waals surface area contributed by atoms with Crippen molar-refractivity contribution in [1.82, 2.24) is 9.97 Å². The SMILES string of the molecule is CCc1ccc(-c2nc(C)cc(N)n2)o1. The molecule has 0 atom stereocenters. The zero-order valence-corrected chi connectivity index (χ0v) is 8.82. The number of furan rings is 1. The molecule has 0 bridgehead atoms. The summed E-state index contributed by atoms with van der Waals surface area (Å²) < 4.78 is 5.55. The Hall–Kier alpha value is -1.84. The molecule has 0 saturated carbocycles. The molecule has 4 heteroatoms. The lowest BCUT2D eigenvalue weighted by Crippen LogP contribution is -1.96. The summed E-state index contributed by atoms with van der Waals surface area (Å²) in [7, 11) is 0. The fourth-order valence-corrected chi connectivity index (χ4v) is 1.39. The van der Waals surface area contributed by atoms with E-state index in [0.717, 1.165) is 17.9 Å². The Morgan fingerprint density at radius 3 is 2.73 bits per heavy atom. The molecule has 0 aromatic carbocycles. The number of hydrogen-bond donors (Lipinski definition) is 1. The number of aryl methyl sites for hydroxylation is 2. The van der Waals surface area contributed by atoms with E-state index in [0.29, 0.717) is 17.4 Å². The minimum absolute atomic E-state index is 0.465. The van der Waals surface area contributed by atoms with Gasteiger partial charge in [-0.1, -0.05) is 6.92 Å². The van der Waals surface area contributed by atoms with Gasteiger partial charge in [0, 0.05) is 18.2 Å². The molecule has 0 spiro atoms. The lowest BCUT2D eigenvalue weighted by molar-refractivity contribution is 0.525. The van der Waals surface area contributed by atoms with Gasteiger partial charge in [-0.15, -0.1) is 0 Å². The maximum Gasteiger partial charge on any atom is 0.197 e. The highest BCUT2D eigenvalue weighted by Crippen LogP contribution is 2.19. The van der Waals surface area contributed by atoms with E-state index in [1.165, 1.54) is 0 Å². The molecule has 4 nitrogen and oxygen atoms in total. The van der Waals surface area contributed by atoms with Crippen LogP contribution in [-0.2, 0) is 6.42 Å². The highest BCUT2D eigenvalue weighted by Gasteiger charge is 2.07. The van der Waals surface area contributed by atoms with E-state index < -0.39 is 0 Å². The molecule has 0 radical (unpaired) electrons. The van der Waals surface area contributed by atoms with Crippen molar-refractivity contribution in [2.45, 2.75) is 20.3 Å². The summed E-state index contributed by atoms with van der Waals surface area (Å²) >= 11 is 0. The van der Waals surface area contributed by atoms with Crippen LogP contribution in [0.15, 0.2) is 22.6 Å². The average Bonchev–Trinajstić information content (AvgIpc) is 2.64. The van der Waals surface area contributed by atoms with Crippen LogP contribution in [0.3, 0.4) is 0 Å². The van der Waals surface area contributed by atoms with Crippen molar-refractivity contribution in [3.63, 3.8) is 0 Å². The van der Waals surface area contributed by atoms with E-state index >= 15 is 0 Å². The second kappa shape index (κ2) is 3.73. The van der Waals surface area contributed by atoms with Crippen LogP contribution in [0.5, 0.6) is 0 Å². The van der Waals surface area contributed by atoms with Crippen LogP contribution in [0, 0.1) is 6.92 Å². The predicted octanol–water partition coefficient (Wildman–Crippen LogP) is 2.19. The summed E-state index contributed by atoms with van der Waals surface area (Å²) in [6, 6.07) is 5.53. The van der Waals surface area contributed by atoms with E-state index in [2.05, 4.69) is 9.97 Å². The van der Waals surface area contributed by atoms with Crippen LogP contribution >= 0.6 is 0 Å². The van der Waals surface area contributed by atoms with Crippen LogP contribution in [-0.4, -0.2) is 9.97 Å². The molecule has 2 heterocycles. The van der Waals surface area contributed by atoms with Gasteiger partial charge in [-0.25, -0.2) is 9.97 Å². The number of aromatic nitrogens is 2. The van der Waals surface area contributed by atoms with Gasteiger partial charge in [0.25, 0.3) is 0 Å². The summed E-state index contributed by atoms with van der Waals surface area (Å²) in [6.45, 7) is 3.92. The van der Waals surface area contributed by atoms with Crippen LogP contribution in [0.4, 0.5) is 5.82 Å². The topological polar surface area (TPSA) is 64.9 Å². The van der Waals surface area contributed by atoms with Gasteiger partial charge in [-0.2, -0.15) is 0 Å². The van der Waals surface area contributed by atoms with E-state index in [9.17, 15) is 0 Å². The van der Waals surface area contributed by atoms with Crippen LogP contribution < -0.4 is 5.73 Å². The van der Waals surface area contributed by atoms with Crippen molar-refractivity contribution in [3.8, 4) is 11.6 Å². The molecule has 0 unspecified atom stereocenters. The van der Waals surface area contributed by atoms with E-state index in [4.69, 9.17) is 10.2 Å². The van der Waals surface area contributed by atoms with Crippen LogP contribution in [0.2, 0.25) is 0 Å². The maximum absolute atomic E-state index is 5.64. The third-order valence-electron chi connectivity index (χ3n) is 2.10. The monoisotopic (exact) mass is 203 g/mol. The third-order valence-corrected chi connectivity index (χ3v) is 2.10. The molecular weight excluding hydrogens is 190 g/mol. The van der Waals surface area contributed by atoms with E-state index in [1.54, 1.807) is 6.07 Å². The summed E-state index contributed by atoms with van der Waals surface area (Å²) in [5.74, 6) is 2.61. The number of rotatable bonds is 2. The third kappa shape index (κ3) is 1.98. The van der Waals surface area contributed by atoms with Crippen molar-refractivity contribution in [3.05, 3.63) is 29.7 Å².